The molecule has 26 heavy (non-hydrogen) atoms. The Hall–Kier alpha value is -2.41. The highest BCUT2D eigenvalue weighted by molar-refractivity contribution is 5.95. The number of aliphatic hydroxyl groups is 1. The quantitative estimate of drug-likeness (QED) is 0.855. The molecule has 1 saturated carbocycles. The van der Waals surface area contributed by atoms with Gasteiger partial charge in [-0.15, -0.1) is 5.10 Å². The van der Waals surface area contributed by atoms with Gasteiger partial charge in [-0.3, -0.25) is 4.79 Å². The summed E-state index contributed by atoms with van der Waals surface area (Å²) >= 11 is 0. The number of carbonyl (C=O) groups is 1. The molecule has 0 aliphatic heterocycles. The number of anilines is 1. The summed E-state index contributed by atoms with van der Waals surface area (Å²) in [6.07, 6.45) is 4.68. The Morgan fingerprint density at radius 1 is 1.31 bits per heavy atom. The lowest BCUT2D eigenvalue weighted by atomic mass is 9.85. The molecule has 1 fully saturated rings. The molecule has 140 valence electrons. The summed E-state index contributed by atoms with van der Waals surface area (Å²) in [4.78, 5) is 18.9. The molecule has 1 heterocycles. The molecule has 1 aromatic heterocycles. The third kappa shape index (κ3) is 4.04. The molecule has 7 heteroatoms. The van der Waals surface area contributed by atoms with E-state index in [1.165, 1.54) is 0 Å². The number of carbonyl (C=O) groups excluding carboxylic acids is 1. The van der Waals surface area contributed by atoms with Gasteiger partial charge < -0.3 is 15.3 Å². The van der Waals surface area contributed by atoms with Gasteiger partial charge >= 0.3 is 0 Å². The summed E-state index contributed by atoms with van der Waals surface area (Å²) in [7, 11) is 5.66. The van der Waals surface area contributed by atoms with Crippen LogP contribution in [0.3, 0.4) is 0 Å². The van der Waals surface area contributed by atoms with Crippen LogP contribution in [0.25, 0.3) is 11.4 Å². The molecule has 3 rings (SSSR count). The van der Waals surface area contributed by atoms with Crippen LogP contribution in [0.2, 0.25) is 0 Å². The van der Waals surface area contributed by atoms with Crippen molar-refractivity contribution >= 4 is 11.9 Å². The molecule has 1 aliphatic carbocycles. The molecule has 0 saturated heterocycles. The van der Waals surface area contributed by atoms with Gasteiger partial charge in [-0.2, -0.15) is 4.98 Å². The van der Waals surface area contributed by atoms with E-state index < -0.39 is 5.60 Å². The molecule has 1 aliphatic rings. The van der Waals surface area contributed by atoms with E-state index in [4.69, 9.17) is 0 Å². The first kappa shape index (κ1) is 18.4. The fraction of sp³-hybridized carbons (Fsp3) is 0.526. The van der Waals surface area contributed by atoms with Gasteiger partial charge in [0.15, 0.2) is 5.82 Å². The van der Waals surface area contributed by atoms with E-state index in [2.05, 4.69) is 15.4 Å². The van der Waals surface area contributed by atoms with Crippen molar-refractivity contribution in [3.63, 3.8) is 0 Å². The lowest BCUT2D eigenvalue weighted by molar-refractivity contribution is 0.00526. The normalized spacial score (nSPS) is 16.3. The summed E-state index contributed by atoms with van der Waals surface area (Å²) in [5.74, 6) is 1.14. The minimum absolute atomic E-state index is 0.186. The zero-order valence-corrected chi connectivity index (χ0v) is 15.7. The standard InChI is InChI=1S/C19H27N5O2/c1-23(2)18-21-16(22-24(18)3)14-8-7-9-15(12-14)17(25)20-13-19(26)10-5-4-6-11-19/h7-9,12,26H,4-6,10-11,13H2,1-3H3,(H,20,25). The van der Waals surface area contributed by atoms with Crippen molar-refractivity contribution < 1.29 is 9.90 Å². The third-order valence-electron chi connectivity index (χ3n) is 4.89. The van der Waals surface area contributed by atoms with E-state index >= 15 is 0 Å². The van der Waals surface area contributed by atoms with Crippen LogP contribution in [-0.2, 0) is 7.05 Å². The van der Waals surface area contributed by atoms with E-state index in [1.54, 1.807) is 16.8 Å². The molecule has 0 atom stereocenters. The number of hydrogen-bond acceptors (Lipinski definition) is 5. The van der Waals surface area contributed by atoms with Crippen LogP contribution in [0.5, 0.6) is 0 Å². The Bertz CT molecular complexity index is 778. The first-order valence-corrected chi connectivity index (χ1v) is 9.07. The molecule has 2 N–H and O–H groups in total. The van der Waals surface area contributed by atoms with Crippen LogP contribution in [0.4, 0.5) is 5.95 Å². The topological polar surface area (TPSA) is 83.3 Å². The highest BCUT2D eigenvalue weighted by Crippen LogP contribution is 2.27. The van der Waals surface area contributed by atoms with Crippen LogP contribution in [-0.4, -0.2) is 52.0 Å². The van der Waals surface area contributed by atoms with Crippen molar-refractivity contribution in [3.05, 3.63) is 29.8 Å². The second kappa shape index (κ2) is 7.45. The number of rotatable bonds is 5. The number of amides is 1. The Morgan fingerprint density at radius 2 is 2.04 bits per heavy atom. The van der Waals surface area contributed by atoms with Gasteiger partial charge in [0, 0.05) is 38.8 Å². The number of aryl methyl sites for hydroxylation is 1. The summed E-state index contributed by atoms with van der Waals surface area (Å²) < 4.78 is 1.71. The van der Waals surface area contributed by atoms with E-state index in [9.17, 15) is 9.90 Å². The van der Waals surface area contributed by atoms with Gasteiger partial charge in [0.1, 0.15) is 0 Å². The molecule has 0 spiro atoms. The van der Waals surface area contributed by atoms with Crippen LogP contribution in [0.15, 0.2) is 24.3 Å². The van der Waals surface area contributed by atoms with Gasteiger partial charge in [-0.25, -0.2) is 4.68 Å². The predicted octanol–water partition coefficient (Wildman–Crippen LogP) is 1.97. The number of benzene rings is 1. The van der Waals surface area contributed by atoms with Crippen molar-refractivity contribution in [2.75, 3.05) is 25.5 Å². The number of aromatic nitrogens is 3. The van der Waals surface area contributed by atoms with Crippen molar-refractivity contribution in [2.45, 2.75) is 37.7 Å². The maximum absolute atomic E-state index is 12.5. The zero-order chi connectivity index (χ0) is 18.7. The van der Waals surface area contributed by atoms with Gasteiger partial charge in [-0.1, -0.05) is 31.4 Å². The monoisotopic (exact) mass is 357 g/mol. The molecule has 0 radical (unpaired) electrons. The van der Waals surface area contributed by atoms with E-state index in [-0.39, 0.29) is 5.91 Å². The van der Waals surface area contributed by atoms with Crippen LogP contribution in [0.1, 0.15) is 42.5 Å². The lowest BCUT2D eigenvalue weighted by Gasteiger charge is -2.32. The van der Waals surface area contributed by atoms with Crippen molar-refractivity contribution in [1.82, 2.24) is 20.1 Å². The zero-order valence-electron chi connectivity index (χ0n) is 15.7. The molecule has 0 unspecified atom stereocenters. The molecule has 1 aromatic carbocycles. The second-order valence-corrected chi connectivity index (χ2v) is 7.30. The molecule has 0 bridgehead atoms. The summed E-state index contributed by atoms with van der Waals surface area (Å²) in [6, 6.07) is 7.26. The van der Waals surface area contributed by atoms with Gasteiger partial charge in [0.25, 0.3) is 5.91 Å². The fourth-order valence-corrected chi connectivity index (χ4v) is 3.42. The Labute approximate surface area is 154 Å². The Kier molecular flexibility index (Phi) is 5.27. The molecule has 1 amide bonds. The van der Waals surface area contributed by atoms with Crippen molar-refractivity contribution in [3.8, 4) is 11.4 Å². The maximum Gasteiger partial charge on any atom is 0.251 e. The minimum atomic E-state index is -0.769. The highest BCUT2D eigenvalue weighted by atomic mass is 16.3. The van der Waals surface area contributed by atoms with Gasteiger partial charge in [-0.05, 0) is 25.0 Å². The molecule has 7 nitrogen and oxygen atoms in total. The van der Waals surface area contributed by atoms with E-state index in [1.807, 2.05) is 38.2 Å². The summed E-state index contributed by atoms with van der Waals surface area (Å²) in [6.45, 7) is 0.294. The first-order chi connectivity index (χ1) is 12.4. The summed E-state index contributed by atoms with van der Waals surface area (Å²) in [5.41, 5.74) is 0.563. The average Bonchev–Trinajstić information content (AvgIpc) is 3.03. The smallest absolute Gasteiger partial charge is 0.251 e. The SMILES string of the molecule is CN(C)c1nc(-c2cccc(C(=O)NCC3(O)CCCCC3)c2)nn1C. The van der Waals surface area contributed by atoms with Crippen LogP contribution in [0, 0.1) is 0 Å². The molecule has 2 aromatic rings. The van der Waals surface area contributed by atoms with Crippen molar-refractivity contribution in [2.24, 2.45) is 7.05 Å². The maximum atomic E-state index is 12.5. The second-order valence-electron chi connectivity index (χ2n) is 7.30. The lowest BCUT2D eigenvalue weighted by Crippen LogP contribution is -2.44. The van der Waals surface area contributed by atoms with Gasteiger partial charge in [0.2, 0.25) is 5.95 Å². The molecular weight excluding hydrogens is 330 g/mol. The molecular formula is C19H27N5O2. The highest BCUT2D eigenvalue weighted by Gasteiger charge is 2.29. The summed E-state index contributed by atoms with van der Waals surface area (Å²) in [5, 5.41) is 17.8. The van der Waals surface area contributed by atoms with E-state index in [0.717, 1.165) is 43.6 Å². The third-order valence-corrected chi connectivity index (χ3v) is 4.89. The number of nitrogens with zero attached hydrogens (tertiary/aromatic N) is 4. The van der Waals surface area contributed by atoms with Gasteiger partial charge in [0.05, 0.1) is 5.60 Å². The minimum Gasteiger partial charge on any atom is -0.388 e. The van der Waals surface area contributed by atoms with E-state index in [0.29, 0.717) is 17.9 Å². The largest absolute Gasteiger partial charge is 0.388 e. The Balaban J connectivity index is 1.72. The average molecular weight is 357 g/mol. The number of hydrogen-bond donors (Lipinski definition) is 2. The fourth-order valence-electron chi connectivity index (χ4n) is 3.42. The first-order valence-electron chi connectivity index (χ1n) is 9.07. The predicted molar refractivity (Wildman–Crippen MR) is 101 cm³/mol. The van der Waals surface area contributed by atoms with Crippen LogP contribution < -0.4 is 10.2 Å². The number of nitrogens with one attached hydrogen (secondary N) is 1. The Morgan fingerprint density at radius 3 is 2.69 bits per heavy atom. The van der Waals surface area contributed by atoms with Crippen molar-refractivity contribution in [1.29, 1.82) is 0 Å². The van der Waals surface area contributed by atoms with Crippen LogP contribution >= 0.6 is 0 Å².